The second kappa shape index (κ2) is 5.42. The second-order valence-corrected chi connectivity index (χ2v) is 5.59. The first-order valence-corrected chi connectivity index (χ1v) is 7.21. The molecule has 112 valence electrons. The molecule has 0 radical (unpaired) electrons. The third kappa shape index (κ3) is 2.44. The highest BCUT2D eigenvalue weighted by atomic mass is 35.5. The fourth-order valence-electron chi connectivity index (χ4n) is 2.36. The molecule has 0 bridgehead atoms. The molecule has 22 heavy (non-hydrogen) atoms. The average Bonchev–Trinajstić information content (AvgIpc) is 2.77. The number of aryl methyl sites for hydroxylation is 3. The SMILES string of the molecule is Cc1ccc(NC(=O)c2cnc3c(c(C)nn3C)c2Cl)cc1. The number of carbonyl (C=O) groups is 1. The van der Waals surface area contributed by atoms with Crippen molar-refractivity contribution in [1.29, 1.82) is 0 Å². The van der Waals surface area contributed by atoms with E-state index in [9.17, 15) is 4.79 Å². The van der Waals surface area contributed by atoms with Gasteiger partial charge in [-0.05, 0) is 26.0 Å². The Kier molecular flexibility index (Phi) is 3.58. The Balaban J connectivity index is 1.99. The first kappa shape index (κ1) is 14.5. The smallest absolute Gasteiger partial charge is 0.258 e. The summed E-state index contributed by atoms with van der Waals surface area (Å²) in [5.74, 6) is -0.286. The number of nitrogens with one attached hydrogen (secondary N) is 1. The van der Waals surface area contributed by atoms with Gasteiger partial charge in [-0.15, -0.1) is 0 Å². The minimum atomic E-state index is -0.286. The Morgan fingerprint density at radius 3 is 2.59 bits per heavy atom. The van der Waals surface area contributed by atoms with E-state index < -0.39 is 0 Å². The number of nitrogens with zero attached hydrogens (tertiary/aromatic N) is 3. The van der Waals surface area contributed by atoms with Crippen molar-refractivity contribution in [2.45, 2.75) is 13.8 Å². The molecule has 0 unspecified atom stereocenters. The lowest BCUT2D eigenvalue weighted by Crippen LogP contribution is -2.13. The van der Waals surface area contributed by atoms with Crippen molar-refractivity contribution in [3.05, 3.63) is 52.3 Å². The number of fused-ring (bicyclic) bond motifs is 1. The zero-order valence-corrected chi connectivity index (χ0v) is 13.3. The summed E-state index contributed by atoms with van der Waals surface area (Å²) in [6.45, 7) is 3.84. The summed E-state index contributed by atoms with van der Waals surface area (Å²) in [6, 6.07) is 7.57. The number of halogens is 1. The van der Waals surface area contributed by atoms with Crippen LogP contribution in [0.2, 0.25) is 5.02 Å². The summed E-state index contributed by atoms with van der Waals surface area (Å²) in [5, 5.41) is 8.19. The molecular weight excluding hydrogens is 300 g/mol. The molecule has 0 saturated heterocycles. The molecule has 0 atom stereocenters. The van der Waals surface area contributed by atoms with E-state index in [1.807, 2.05) is 38.1 Å². The van der Waals surface area contributed by atoms with E-state index in [2.05, 4.69) is 15.4 Å². The number of hydrogen-bond donors (Lipinski definition) is 1. The van der Waals surface area contributed by atoms with Gasteiger partial charge in [0.1, 0.15) is 0 Å². The molecule has 1 aromatic carbocycles. The minimum absolute atomic E-state index is 0.286. The van der Waals surface area contributed by atoms with E-state index in [0.717, 1.165) is 16.9 Å². The van der Waals surface area contributed by atoms with Crippen molar-refractivity contribution in [3.63, 3.8) is 0 Å². The molecule has 0 fully saturated rings. The number of benzene rings is 1. The second-order valence-electron chi connectivity index (χ2n) is 5.21. The maximum atomic E-state index is 12.4. The topological polar surface area (TPSA) is 59.8 Å². The number of anilines is 1. The maximum absolute atomic E-state index is 12.4. The molecule has 1 N–H and O–H groups in total. The van der Waals surface area contributed by atoms with E-state index in [0.29, 0.717) is 21.6 Å². The van der Waals surface area contributed by atoms with Crippen LogP contribution < -0.4 is 5.32 Å². The van der Waals surface area contributed by atoms with Crippen LogP contribution in [0.3, 0.4) is 0 Å². The van der Waals surface area contributed by atoms with Crippen LogP contribution in [0.25, 0.3) is 11.0 Å². The summed E-state index contributed by atoms with van der Waals surface area (Å²) in [4.78, 5) is 16.7. The van der Waals surface area contributed by atoms with Crippen molar-refractivity contribution in [2.24, 2.45) is 7.05 Å². The largest absolute Gasteiger partial charge is 0.322 e. The molecule has 2 heterocycles. The molecule has 5 nitrogen and oxygen atoms in total. The van der Waals surface area contributed by atoms with Gasteiger partial charge in [0.2, 0.25) is 0 Å². The van der Waals surface area contributed by atoms with Gasteiger partial charge in [0.25, 0.3) is 5.91 Å². The summed E-state index contributed by atoms with van der Waals surface area (Å²) in [6.07, 6.45) is 1.48. The van der Waals surface area contributed by atoms with Gasteiger partial charge < -0.3 is 5.32 Å². The van der Waals surface area contributed by atoms with Crippen LogP contribution in [0.4, 0.5) is 5.69 Å². The Bertz CT molecular complexity index is 868. The molecule has 6 heteroatoms. The number of amides is 1. The molecular formula is C16H15ClN4O. The van der Waals surface area contributed by atoms with Gasteiger partial charge in [-0.2, -0.15) is 5.10 Å². The Morgan fingerprint density at radius 1 is 1.23 bits per heavy atom. The number of rotatable bonds is 2. The predicted octanol–water partition coefficient (Wildman–Crippen LogP) is 3.49. The van der Waals surface area contributed by atoms with E-state index in [1.54, 1.807) is 11.7 Å². The van der Waals surface area contributed by atoms with Crippen LogP contribution in [0, 0.1) is 13.8 Å². The Morgan fingerprint density at radius 2 is 1.91 bits per heavy atom. The highest BCUT2D eigenvalue weighted by Crippen LogP contribution is 2.28. The highest BCUT2D eigenvalue weighted by molar-refractivity contribution is 6.39. The molecule has 0 aliphatic heterocycles. The Labute approximate surface area is 132 Å². The molecule has 0 aliphatic carbocycles. The van der Waals surface area contributed by atoms with Crippen LogP contribution in [-0.4, -0.2) is 20.7 Å². The predicted molar refractivity (Wildman–Crippen MR) is 87.4 cm³/mol. The summed E-state index contributed by atoms with van der Waals surface area (Å²) in [7, 11) is 1.80. The van der Waals surface area contributed by atoms with Crippen LogP contribution in [0.1, 0.15) is 21.6 Å². The van der Waals surface area contributed by atoms with Crippen molar-refractivity contribution in [2.75, 3.05) is 5.32 Å². The lowest BCUT2D eigenvalue weighted by molar-refractivity contribution is 0.102. The summed E-state index contributed by atoms with van der Waals surface area (Å²) in [5.41, 5.74) is 3.60. The van der Waals surface area contributed by atoms with Gasteiger partial charge in [-0.25, -0.2) is 4.98 Å². The number of carbonyl (C=O) groups excluding carboxylic acids is 1. The molecule has 1 amide bonds. The van der Waals surface area contributed by atoms with Crippen LogP contribution >= 0.6 is 11.6 Å². The van der Waals surface area contributed by atoms with Crippen molar-refractivity contribution >= 4 is 34.2 Å². The van der Waals surface area contributed by atoms with E-state index in [-0.39, 0.29) is 5.91 Å². The molecule has 3 aromatic rings. The molecule has 2 aromatic heterocycles. The zero-order chi connectivity index (χ0) is 15.9. The van der Waals surface area contributed by atoms with Crippen molar-refractivity contribution in [3.8, 4) is 0 Å². The molecule has 0 spiro atoms. The average molecular weight is 315 g/mol. The minimum Gasteiger partial charge on any atom is -0.322 e. The van der Waals surface area contributed by atoms with Gasteiger partial charge in [0.05, 0.1) is 21.7 Å². The molecule has 0 saturated carbocycles. The third-order valence-electron chi connectivity index (χ3n) is 3.52. The van der Waals surface area contributed by atoms with Gasteiger partial charge in [0, 0.05) is 18.9 Å². The monoisotopic (exact) mass is 314 g/mol. The van der Waals surface area contributed by atoms with E-state index in [4.69, 9.17) is 11.6 Å². The normalized spacial score (nSPS) is 10.9. The first-order valence-electron chi connectivity index (χ1n) is 6.83. The van der Waals surface area contributed by atoms with E-state index >= 15 is 0 Å². The number of hydrogen-bond acceptors (Lipinski definition) is 3. The van der Waals surface area contributed by atoms with Crippen LogP contribution in [-0.2, 0) is 7.05 Å². The summed E-state index contributed by atoms with van der Waals surface area (Å²) >= 11 is 6.39. The lowest BCUT2D eigenvalue weighted by Gasteiger charge is -2.07. The van der Waals surface area contributed by atoms with Crippen molar-refractivity contribution < 1.29 is 4.79 Å². The molecule has 0 aliphatic rings. The maximum Gasteiger partial charge on any atom is 0.258 e. The van der Waals surface area contributed by atoms with Crippen LogP contribution in [0.15, 0.2) is 30.5 Å². The van der Waals surface area contributed by atoms with Crippen molar-refractivity contribution in [1.82, 2.24) is 14.8 Å². The van der Waals surface area contributed by atoms with Gasteiger partial charge in [0.15, 0.2) is 5.65 Å². The summed E-state index contributed by atoms with van der Waals surface area (Å²) < 4.78 is 1.65. The Hall–Kier alpha value is -2.40. The fraction of sp³-hybridized carbons (Fsp3) is 0.188. The molecule has 3 rings (SSSR count). The fourth-order valence-corrected chi connectivity index (χ4v) is 2.72. The van der Waals surface area contributed by atoms with Gasteiger partial charge in [-0.1, -0.05) is 29.3 Å². The first-order chi connectivity index (χ1) is 10.5. The van der Waals surface area contributed by atoms with Gasteiger partial charge in [-0.3, -0.25) is 9.48 Å². The zero-order valence-electron chi connectivity index (χ0n) is 12.5. The third-order valence-corrected chi connectivity index (χ3v) is 3.91. The lowest BCUT2D eigenvalue weighted by atomic mass is 10.2. The van der Waals surface area contributed by atoms with E-state index in [1.165, 1.54) is 6.20 Å². The van der Waals surface area contributed by atoms with Crippen LogP contribution in [0.5, 0.6) is 0 Å². The van der Waals surface area contributed by atoms with Gasteiger partial charge >= 0.3 is 0 Å². The number of aromatic nitrogens is 3. The number of pyridine rings is 1. The highest BCUT2D eigenvalue weighted by Gasteiger charge is 2.18. The standard InChI is InChI=1S/C16H15ClN4O/c1-9-4-6-11(7-5-9)19-16(22)12-8-18-15-13(14(12)17)10(2)20-21(15)3/h4-8H,1-3H3,(H,19,22). The quantitative estimate of drug-likeness (QED) is 0.787.